The van der Waals surface area contributed by atoms with E-state index < -0.39 is 31.0 Å². The molecular formula is C20H20F3N3O2. The molecule has 0 spiro atoms. The average Bonchev–Trinajstić information content (AvgIpc) is 2.95. The van der Waals surface area contributed by atoms with Crippen LogP contribution >= 0.6 is 0 Å². The number of aliphatic hydroxyl groups excluding tert-OH is 1. The summed E-state index contributed by atoms with van der Waals surface area (Å²) in [6, 6.07) is 10.1. The number of aromatic nitrogens is 2. The molecule has 0 fully saturated rings. The lowest BCUT2D eigenvalue weighted by molar-refractivity contribution is -0.198. The highest BCUT2D eigenvalue weighted by molar-refractivity contribution is 5.75. The fourth-order valence-electron chi connectivity index (χ4n) is 3.65. The molecule has 1 aliphatic heterocycles. The van der Waals surface area contributed by atoms with Gasteiger partial charge in [-0.15, -0.1) is 0 Å². The third-order valence-corrected chi connectivity index (χ3v) is 5.15. The molecule has 3 heterocycles. The fraction of sp³-hybridized carbons (Fsp3) is 0.350. The van der Waals surface area contributed by atoms with E-state index >= 15 is 0 Å². The zero-order valence-electron chi connectivity index (χ0n) is 15.4. The number of nitrogens with one attached hydrogen (secondary N) is 1. The smallest absolute Gasteiger partial charge is 0.388 e. The molecule has 0 aliphatic carbocycles. The zero-order valence-corrected chi connectivity index (χ0v) is 15.4. The molecule has 1 aliphatic rings. The van der Waals surface area contributed by atoms with Crippen LogP contribution in [0.5, 0.6) is 0 Å². The minimum Gasteiger partial charge on any atom is -0.388 e. The Balaban J connectivity index is 1.84. The van der Waals surface area contributed by atoms with Crippen LogP contribution in [-0.2, 0) is 4.74 Å². The van der Waals surface area contributed by atoms with Crippen molar-refractivity contribution >= 4 is 11.3 Å². The Morgan fingerprint density at radius 2 is 1.89 bits per heavy atom. The van der Waals surface area contributed by atoms with Gasteiger partial charge in [0.2, 0.25) is 0 Å². The first-order valence-electron chi connectivity index (χ1n) is 8.92. The van der Waals surface area contributed by atoms with Crippen LogP contribution in [0.25, 0.3) is 5.65 Å². The van der Waals surface area contributed by atoms with Gasteiger partial charge in [-0.25, -0.2) is 4.98 Å². The molecule has 1 aromatic carbocycles. The topological polar surface area (TPSA) is 58.8 Å². The van der Waals surface area contributed by atoms with Gasteiger partial charge in [-0.3, -0.25) is 0 Å². The molecule has 28 heavy (non-hydrogen) atoms. The number of imidazole rings is 1. The van der Waals surface area contributed by atoms with Crippen molar-refractivity contribution in [3.63, 3.8) is 0 Å². The van der Waals surface area contributed by atoms with E-state index in [0.29, 0.717) is 16.9 Å². The number of nitrogens with zero attached hydrogens (tertiary/aromatic N) is 2. The zero-order chi connectivity index (χ0) is 20.1. The second-order valence-electron chi connectivity index (χ2n) is 6.99. The number of hydrogen-bond acceptors (Lipinski definition) is 4. The highest BCUT2D eigenvalue weighted by Gasteiger charge is 2.40. The van der Waals surface area contributed by atoms with E-state index in [4.69, 9.17) is 4.74 Å². The number of ether oxygens (including phenoxy) is 1. The van der Waals surface area contributed by atoms with Gasteiger partial charge in [-0.1, -0.05) is 30.3 Å². The first-order chi connectivity index (χ1) is 13.3. The lowest BCUT2D eigenvalue weighted by Crippen LogP contribution is -2.38. The summed E-state index contributed by atoms with van der Waals surface area (Å²) in [5, 5.41) is 14.2. The van der Waals surface area contributed by atoms with Crippen LogP contribution < -0.4 is 5.32 Å². The monoisotopic (exact) mass is 391 g/mol. The van der Waals surface area contributed by atoms with E-state index in [2.05, 4.69) is 10.3 Å². The van der Waals surface area contributed by atoms with Crippen molar-refractivity contribution in [3.8, 4) is 0 Å². The van der Waals surface area contributed by atoms with Gasteiger partial charge in [0.15, 0.2) is 5.65 Å². The number of alkyl halides is 3. The SMILES string of the molecule is Cc1nc2c3c(ccn2c1C)[C@H](OCC(F)(F)F)[C@H](O)[C@@H](c1ccccc1)N3. The maximum absolute atomic E-state index is 12.8. The number of hydrogen-bond donors (Lipinski definition) is 2. The molecule has 3 aromatic rings. The number of rotatable bonds is 3. The molecule has 0 saturated carbocycles. The van der Waals surface area contributed by atoms with Gasteiger partial charge in [0, 0.05) is 17.5 Å². The predicted octanol–water partition coefficient (Wildman–Crippen LogP) is 4.10. The number of benzene rings is 1. The third-order valence-electron chi connectivity index (χ3n) is 5.15. The van der Waals surface area contributed by atoms with Crippen LogP contribution in [0.2, 0.25) is 0 Å². The van der Waals surface area contributed by atoms with Gasteiger partial charge >= 0.3 is 6.18 Å². The molecule has 0 amide bonds. The van der Waals surface area contributed by atoms with E-state index in [1.54, 1.807) is 12.3 Å². The van der Waals surface area contributed by atoms with Crippen molar-refractivity contribution in [3.05, 3.63) is 65.1 Å². The summed E-state index contributed by atoms with van der Waals surface area (Å²) in [6.07, 6.45) is -5.08. The number of anilines is 1. The van der Waals surface area contributed by atoms with Crippen molar-refractivity contribution in [1.29, 1.82) is 0 Å². The lowest BCUT2D eigenvalue weighted by Gasteiger charge is -2.38. The Morgan fingerprint density at radius 3 is 2.57 bits per heavy atom. The standard InChI is InChI=1S/C20H20F3N3O2/c1-11-12(2)26-9-8-14-16(19(26)24-11)25-15(13-6-4-3-5-7-13)17(27)18(14)28-10-20(21,22)23/h3-9,15,17-18,25,27H,10H2,1-2H3/t15-,17-,18+/m1/s1. The minimum atomic E-state index is -4.49. The summed E-state index contributed by atoms with van der Waals surface area (Å²) in [6.45, 7) is 2.36. The summed E-state index contributed by atoms with van der Waals surface area (Å²) < 4.78 is 45.5. The maximum atomic E-state index is 12.8. The molecule has 148 valence electrons. The molecule has 0 bridgehead atoms. The lowest BCUT2D eigenvalue weighted by atomic mass is 9.89. The van der Waals surface area contributed by atoms with Crippen LogP contribution in [0.1, 0.15) is 34.7 Å². The molecule has 5 nitrogen and oxygen atoms in total. The predicted molar refractivity (Wildman–Crippen MR) is 98.2 cm³/mol. The number of aryl methyl sites for hydroxylation is 2. The average molecular weight is 391 g/mol. The van der Waals surface area contributed by atoms with Crippen LogP contribution in [0.4, 0.5) is 18.9 Å². The molecule has 8 heteroatoms. The fourth-order valence-corrected chi connectivity index (χ4v) is 3.65. The Bertz CT molecular complexity index is 1000. The number of aliphatic hydroxyl groups is 1. The van der Waals surface area contributed by atoms with Gasteiger partial charge in [0.25, 0.3) is 0 Å². The van der Waals surface area contributed by atoms with Crippen molar-refractivity contribution in [2.45, 2.75) is 38.3 Å². The molecule has 0 unspecified atom stereocenters. The summed E-state index contributed by atoms with van der Waals surface area (Å²) in [5.41, 5.74) is 4.15. The molecule has 2 N–H and O–H groups in total. The van der Waals surface area contributed by atoms with Gasteiger partial charge in [0.05, 0.1) is 17.4 Å². The largest absolute Gasteiger partial charge is 0.411 e. The first kappa shape index (κ1) is 18.8. The Kier molecular flexibility index (Phi) is 4.55. The summed E-state index contributed by atoms with van der Waals surface area (Å²) in [7, 11) is 0. The van der Waals surface area contributed by atoms with E-state index in [-0.39, 0.29) is 0 Å². The van der Waals surface area contributed by atoms with E-state index in [0.717, 1.165) is 17.0 Å². The van der Waals surface area contributed by atoms with Crippen molar-refractivity contribution in [2.75, 3.05) is 11.9 Å². The molecule has 2 aromatic heterocycles. The summed E-state index contributed by atoms with van der Waals surface area (Å²) >= 11 is 0. The number of halogens is 3. The van der Waals surface area contributed by atoms with Crippen LogP contribution in [0.15, 0.2) is 42.6 Å². The molecule has 3 atom stereocenters. The summed E-state index contributed by atoms with van der Waals surface area (Å²) in [5.74, 6) is 0. The Morgan fingerprint density at radius 1 is 1.18 bits per heavy atom. The second-order valence-corrected chi connectivity index (χ2v) is 6.99. The van der Waals surface area contributed by atoms with Crippen LogP contribution in [-0.4, -0.2) is 33.4 Å². The maximum Gasteiger partial charge on any atom is 0.411 e. The quantitative estimate of drug-likeness (QED) is 0.706. The molecular weight excluding hydrogens is 371 g/mol. The normalized spacial score (nSPS) is 22.1. The van der Waals surface area contributed by atoms with Crippen molar-refractivity contribution in [1.82, 2.24) is 9.38 Å². The first-order valence-corrected chi connectivity index (χ1v) is 8.92. The van der Waals surface area contributed by atoms with Crippen LogP contribution in [0.3, 0.4) is 0 Å². The molecule has 4 rings (SSSR count). The van der Waals surface area contributed by atoms with E-state index in [1.807, 2.05) is 48.6 Å². The second kappa shape index (κ2) is 6.79. The summed E-state index contributed by atoms with van der Waals surface area (Å²) in [4.78, 5) is 4.56. The van der Waals surface area contributed by atoms with Gasteiger partial charge in [0.1, 0.15) is 18.8 Å². The molecule has 0 radical (unpaired) electrons. The van der Waals surface area contributed by atoms with Gasteiger partial charge in [-0.05, 0) is 25.5 Å². The van der Waals surface area contributed by atoms with Gasteiger partial charge in [-0.2, -0.15) is 13.2 Å². The van der Waals surface area contributed by atoms with E-state index in [1.165, 1.54) is 0 Å². The van der Waals surface area contributed by atoms with E-state index in [9.17, 15) is 18.3 Å². The highest BCUT2D eigenvalue weighted by Crippen LogP contribution is 2.43. The van der Waals surface area contributed by atoms with Crippen LogP contribution in [0, 0.1) is 13.8 Å². The Hall–Kier alpha value is -2.58. The Labute approximate surface area is 159 Å². The number of pyridine rings is 1. The third kappa shape index (κ3) is 3.22. The highest BCUT2D eigenvalue weighted by atomic mass is 19.4. The number of fused-ring (bicyclic) bond motifs is 3. The van der Waals surface area contributed by atoms with Gasteiger partial charge < -0.3 is 19.6 Å². The molecule has 0 saturated heterocycles. The van der Waals surface area contributed by atoms with Crippen molar-refractivity contribution < 1.29 is 23.0 Å². The minimum absolute atomic E-state index is 0.460. The van der Waals surface area contributed by atoms with Crippen molar-refractivity contribution in [2.24, 2.45) is 0 Å².